The molecule has 21 heavy (non-hydrogen) atoms. The first-order valence-electron chi connectivity index (χ1n) is 6.49. The lowest BCUT2D eigenvalue weighted by Crippen LogP contribution is -2.13. The monoisotopic (exact) mass is 307 g/mol. The molecule has 2 aromatic carbocycles. The predicted molar refractivity (Wildman–Crippen MR) is 81.7 cm³/mol. The molecule has 0 spiro atoms. The lowest BCUT2D eigenvalue weighted by atomic mass is 10.2. The van der Waals surface area contributed by atoms with Gasteiger partial charge in [0.05, 0.1) is 5.69 Å². The quantitative estimate of drug-likeness (QED) is 0.828. The number of hydrogen-bond donors (Lipinski definition) is 1. The Balaban J connectivity index is 2.16. The molecule has 2 nitrogen and oxygen atoms in total. The summed E-state index contributed by atoms with van der Waals surface area (Å²) in [5.74, 6) is -1.90. The molecule has 0 aliphatic rings. The van der Waals surface area contributed by atoms with E-state index >= 15 is 0 Å². The SMILES string of the molecule is CC(C)Sc1cccc(C(=O)Nc2ccc(F)cc2F)c1. The first kappa shape index (κ1) is 15.5. The zero-order valence-corrected chi connectivity index (χ0v) is 12.5. The number of carbonyl (C=O) groups is 1. The highest BCUT2D eigenvalue weighted by atomic mass is 32.2. The Morgan fingerprint density at radius 1 is 1.14 bits per heavy atom. The van der Waals surface area contributed by atoms with Crippen LogP contribution in [0.25, 0.3) is 0 Å². The second-order valence-corrected chi connectivity index (χ2v) is 6.42. The number of amides is 1. The largest absolute Gasteiger partial charge is 0.319 e. The highest BCUT2D eigenvalue weighted by Gasteiger charge is 2.11. The first-order chi connectivity index (χ1) is 9.95. The summed E-state index contributed by atoms with van der Waals surface area (Å²) in [4.78, 5) is 13.1. The van der Waals surface area contributed by atoms with E-state index < -0.39 is 17.5 Å². The van der Waals surface area contributed by atoms with E-state index in [1.807, 2.05) is 6.07 Å². The van der Waals surface area contributed by atoms with E-state index in [-0.39, 0.29) is 5.69 Å². The van der Waals surface area contributed by atoms with Gasteiger partial charge in [-0.05, 0) is 30.3 Å². The molecule has 0 fully saturated rings. The molecule has 5 heteroatoms. The van der Waals surface area contributed by atoms with Crippen molar-refractivity contribution in [3.05, 3.63) is 59.7 Å². The molecule has 0 saturated carbocycles. The summed E-state index contributed by atoms with van der Waals surface area (Å²) in [7, 11) is 0. The number of rotatable bonds is 4. The van der Waals surface area contributed by atoms with Gasteiger partial charge in [0.15, 0.2) is 0 Å². The van der Waals surface area contributed by atoms with Crippen LogP contribution in [-0.2, 0) is 0 Å². The molecule has 110 valence electrons. The zero-order valence-electron chi connectivity index (χ0n) is 11.7. The van der Waals surface area contributed by atoms with E-state index in [0.717, 1.165) is 17.0 Å². The van der Waals surface area contributed by atoms with E-state index in [9.17, 15) is 13.6 Å². The molecule has 2 rings (SSSR count). The molecule has 0 atom stereocenters. The van der Waals surface area contributed by atoms with Crippen molar-refractivity contribution in [2.45, 2.75) is 24.0 Å². The molecule has 0 aromatic heterocycles. The van der Waals surface area contributed by atoms with Crippen molar-refractivity contribution in [1.29, 1.82) is 0 Å². The molecule has 2 aromatic rings. The average molecular weight is 307 g/mol. The molecule has 0 aliphatic heterocycles. The lowest BCUT2D eigenvalue weighted by molar-refractivity contribution is 0.102. The molecule has 0 aliphatic carbocycles. The van der Waals surface area contributed by atoms with Crippen LogP contribution < -0.4 is 5.32 Å². The summed E-state index contributed by atoms with van der Waals surface area (Å²) in [5.41, 5.74) is 0.396. The Bertz CT molecular complexity index is 658. The number of halogens is 2. The van der Waals surface area contributed by atoms with Gasteiger partial charge in [0.25, 0.3) is 5.91 Å². The van der Waals surface area contributed by atoms with Crippen molar-refractivity contribution in [3.63, 3.8) is 0 Å². The molecule has 0 radical (unpaired) electrons. The van der Waals surface area contributed by atoms with Crippen LogP contribution in [0.5, 0.6) is 0 Å². The summed E-state index contributed by atoms with van der Waals surface area (Å²) in [6, 6.07) is 10.1. The molecule has 1 amide bonds. The van der Waals surface area contributed by atoms with Crippen molar-refractivity contribution in [1.82, 2.24) is 0 Å². The third-order valence-electron chi connectivity index (χ3n) is 2.65. The fourth-order valence-electron chi connectivity index (χ4n) is 1.77. The minimum atomic E-state index is -0.795. The lowest BCUT2D eigenvalue weighted by Gasteiger charge is -2.09. The fraction of sp³-hybridized carbons (Fsp3) is 0.188. The highest BCUT2D eigenvalue weighted by molar-refractivity contribution is 7.99. The van der Waals surface area contributed by atoms with Crippen molar-refractivity contribution in [2.75, 3.05) is 5.32 Å². The second kappa shape index (κ2) is 6.72. The van der Waals surface area contributed by atoms with Gasteiger partial charge in [-0.15, -0.1) is 11.8 Å². The van der Waals surface area contributed by atoms with Crippen LogP contribution in [0, 0.1) is 11.6 Å². The first-order valence-corrected chi connectivity index (χ1v) is 7.37. The number of carbonyl (C=O) groups excluding carboxylic acids is 1. The van der Waals surface area contributed by atoms with E-state index in [2.05, 4.69) is 19.2 Å². The Hall–Kier alpha value is -1.88. The standard InChI is InChI=1S/C16H15F2NOS/c1-10(2)21-13-5-3-4-11(8-13)16(20)19-15-7-6-12(17)9-14(15)18/h3-10H,1-2H3,(H,19,20). The third kappa shape index (κ3) is 4.29. The van der Waals surface area contributed by atoms with E-state index in [4.69, 9.17) is 0 Å². The Kier molecular flexibility index (Phi) is 4.96. The maximum Gasteiger partial charge on any atom is 0.255 e. The van der Waals surface area contributed by atoms with E-state index in [1.54, 1.807) is 30.0 Å². The van der Waals surface area contributed by atoms with E-state index in [1.165, 1.54) is 6.07 Å². The van der Waals surface area contributed by atoms with Gasteiger partial charge in [-0.3, -0.25) is 4.79 Å². The zero-order chi connectivity index (χ0) is 15.4. The van der Waals surface area contributed by atoms with Gasteiger partial charge >= 0.3 is 0 Å². The summed E-state index contributed by atoms with van der Waals surface area (Å²) < 4.78 is 26.3. The number of nitrogens with one attached hydrogen (secondary N) is 1. The van der Waals surface area contributed by atoms with Gasteiger partial charge in [-0.2, -0.15) is 0 Å². The molecule has 0 bridgehead atoms. The summed E-state index contributed by atoms with van der Waals surface area (Å²) in [6.07, 6.45) is 0. The van der Waals surface area contributed by atoms with Crippen LogP contribution in [-0.4, -0.2) is 11.2 Å². The smallest absolute Gasteiger partial charge is 0.255 e. The number of thioether (sulfide) groups is 1. The normalized spacial score (nSPS) is 10.7. The van der Waals surface area contributed by atoms with Crippen LogP contribution in [0.15, 0.2) is 47.4 Å². The van der Waals surface area contributed by atoms with Crippen molar-refractivity contribution >= 4 is 23.4 Å². The minimum Gasteiger partial charge on any atom is -0.319 e. The number of hydrogen-bond acceptors (Lipinski definition) is 2. The van der Waals surface area contributed by atoms with Crippen LogP contribution in [0.3, 0.4) is 0 Å². The Morgan fingerprint density at radius 2 is 1.90 bits per heavy atom. The van der Waals surface area contributed by atoms with Gasteiger partial charge < -0.3 is 5.32 Å². The molecule has 1 N–H and O–H groups in total. The summed E-state index contributed by atoms with van der Waals surface area (Å²) in [6.45, 7) is 4.12. The third-order valence-corrected chi connectivity index (χ3v) is 3.64. The topological polar surface area (TPSA) is 29.1 Å². The maximum atomic E-state index is 13.5. The van der Waals surface area contributed by atoms with Crippen molar-refractivity contribution in [3.8, 4) is 0 Å². The van der Waals surface area contributed by atoms with Gasteiger partial charge in [0, 0.05) is 21.8 Å². The van der Waals surface area contributed by atoms with Crippen molar-refractivity contribution in [2.24, 2.45) is 0 Å². The maximum absolute atomic E-state index is 13.5. The average Bonchev–Trinajstić information content (AvgIpc) is 2.41. The van der Waals surface area contributed by atoms with Crippen LogP contribution in [0.1, 0.15) is 24.2 Å². The molecular formula is C16H15F2NOS. The van der Waals surface area contributed by atoms with Crippen LogP contribution >= 0.6 is 11.8 Å². The molecule has 0 heterocycles. The van der Waals surface area contributed by atoms with Crippen LogP contribution in [0.2, 0.25) is 0 Å². The van der Waals surface area contributed by atoms with Crippen molar-refractivity contribution < 1.29 is 13.6 Å². The second-order valence-electron chi connectivity index (χ2n) is 4.77. The van der Waals surface area contributed by atoms with Gasteiger partial charge in [0.1, 0.15) is 11.6 Å². The molecular weight excluding hydrogens is 292 g/mol. The van der Waals surface area contributed by atoms with Gasteiger partial charge in [-0.1, -0.05) is 19.9 Å². The predicted octanol–water partition coefficient (Wildman–Crippen LogP) is 4.72. The molecule has 0 saturated heterocycles. The van der Waals surface area contributed by atoms with Gasteiger partial charge in [0.2, 0.25) is 0 Å². The fourth-order valence-corrected chi connectivity index (χ4v) is 2.66. The summed E-state index contributed by atoms with van der Waals surface area (Å²) in [5, 5.41) is 2.85. The van der Waals surface area contributed by atoms with Crippen LogP contribution in [0.4, 0.5) is 14.5 Å². The number of anilines is 1. The van der Waals surface area contributed by atoms with Gasteiger partial charge in [-0.25, -0.2) is 8.78 Å². The number of benzene rings is 2. The highest BCUT2D eigenvalue weighted by Crippen LogP contribution is 2.24. The van der Waals surface area contributed by atoms with E-state index in [0.29, 0.717) is 10.8 Å². The summed E-state index contributed by atoms with van der Waals surface area (Å²) >= 11 is 1.64. The minimum absolute atomic E-state index is 0.0386. The Labute approximate surface area is 126 Å². The Morgan fingerprint density at radius 3 is 2.57 bits per heavy atom. The molecule has 0 unspecified atom stereocenters.